The van der Waals surface area contributed by atoms with E-state index in [1.807, 2.05) is 10.9 Å². The first-order valence-corrected chi connectivity index (χ1v) is 5.22. The smallest absolute Gasteiger partial charge is 0.0623 e. The van der Waals surface area contributed by atoms with E-state index in [2.05, 4.69) is 53.1 Å². The SMILES string of the molecule is CCNCC(C)n1cc(I)cn1. The van der Waals surface area contributed by atoms with Crippen molar-refractivity contribution in [3.8, 4) is 0 Å². The third kappa shape index (κ3) is 2.75. The summed E-state index contributed by atoms with van der Waals surface area (Å²) in [5.41, 5.74) is 0. The third-order valence-corrected chi connectivity index (χ3v) is 2.27. The molecule has 1 rings (SSSR count). The lowest BCUT2D eigenvalue weighted by molar-refractivity contribution is 0.459. The van der Waals surface area contributed by atoms with Crippen LogP contribution in [0.25, 0.3) is 0 Å². The summed E-state index contributed by atoms with van der Waals surface area (Å²) in [5, 5.41) is 7.53. The Kier molecular flexibility index (Phi) is 4.00. The molecule has 0 radical (unpaired) electrons. The minimum absolute atomic E-state index is 0.438. The molecule has 1 aromatic heterocycles. The lowest BCUT2D eigenvalue weighted by Crippen LogP contribution is -2.23. The molecule has 0 fully saturated rings. The minimum atomic E-state index is 0.438. The Morgan fingerprint density at radius 1 is 1.75 bits per heavy atom. The van der Waals surface area contributed by atoms with Crippen LogP contribution in [-0.4, -0.2) is 22.9 Å². The zero-order valence-corrected chi connectivity index (χ0v) is 9.58. The van der Waals surface area contributed by atoms with Crippen molar-refractivity contribution in [3.05, 3.63) is 16.0 Å². The molecule has 0 amide bonds. The molecule has 0 saturated carbocycles. The van der Waals surface area contributed by atoms with Gasteiger partial charge in [-0.15, -0.1) is 0 Å². The number of nitrogens with one attached hydrogen (secondary N) is 1. The van der Waals surface area contributed by atoms with Gasteiger partial charge in [0.05, 0.1) is 15.8 Å². The Hall–Kier alpha value is -0.100. The van der Waals surface area contributed by atoms with Crippen molar-refractivity contribution in [1.82, 2.24) is 15.1 Å². The summed E-state index contributed by atoms with van der Waals surface area (Å²) in [4.78, 5) is 0. The van der Waals surface area contributed by atoms with Gasteiger partial charge >= 0.3 is 0 Å². The number of aromatic nitrogens is 2. The molecule has 1 N–H and O–H groups in total. The maximum Gasteiger partial charge on any atom is 0.0623 e. The van der Waals surface area contributed by atoms with Gasteiger partial charge in [-0.1, -0.05) is 6.92 Å². The lowest BCUT2D eigenvalue weighted by atomic mass is 10.3. The Bertz CT molecular complexity index is 234. The second-order valence-electron chi connectivity index (χ2n) is 2.80. The highest BCUT2D eigenvalue weighted by Gasteiger charge is 2.03. The predicted octanol–water partition coefficient (Wildman–Crippen LogP) is 1.66. The van der Waals surface area contributed by atoms with Gasteiger partial charge in [-0.05, 0) is 36.1 Å². The van der Waals surface area contributed by atoms with Crippen molar-refractivity contribution in [3.63, 3.8) is 0 Å². The average molecular weight is 279 g/mol. The van der Waals surface area contributed by atoms with Crippen molar-refractivity contribution in [2.45, 2.75) is 19.9 Å². The largest absolute Gasteiger partial charge is 0.315 e. The molecule has 0 spiro atoms. The molecule has 0 aliphatic rings. The van der Waals surface area contributed by atoms with E-state index in [-0.39, 0.29) is 0 Å². The first-order chi connectivity index (χ1) is 5.74. The fourth-order valence-corrected chi connectivity index (χ4v) is 1.41. The highest BCUT2D eigenvalue weighted by molar-refractivity contribution is 14.1. The molecule has 3 nitrogen and oxygen atoms in total. The highest BCUT2D eigenvalue weighted by Crippen LogP contribution is 2.06. The van der Waals surface area contributed by atoms with E-state index < -0.39 is 0 Å². The number of nitrogens with zero attached hydrogens (tertiary/aromatic N) is 2. The van der Waals surface area contributed by atoms with Gasteiger partial charge in [0.1, 0.15) is 0 Å². The Balaban J connectivity index is 2.47. The maximum atomic E-state index is 4.24. The van der Waals surface area contributed by atoms with Gasteiger partial charge in [-0.3, -0.25) is 4.68 Å². The number of likely N-dealkylation sites (N-methyl/N-ethyl adjacent to an activating group) is 1. The maximum absolute atomic E-state index is 4.24. The summed E-state index contributed by atoms with van der Waals surface area (Å²) < 4.78 is 3.18. The Morgan fingerprint density at radius 2 is 2.50 bits per heavy atom. The van der Waals surface area contributed by atoms with Gasteiger partial charge in [0.2, 0.25) is 0 Å². The number of rotatable bonds is 4. The topological polar surface area (TPSA) is 29.9 Å². The zero-order valence-electron chi connectivity index (χ0n) is 7.42. The fraction of sp³-hybridized carbons (Fsp3) is 0.625. The Labute approximate surface area is 86.7 Å². The summed E-state index contributed by atoms with van der Waals surface area (Å²) in [6.45, 7) is 6.27. The molecule has 12 heavy (non-hydrogen) atoms. The molecule has 0 saturated heterocycles. The minimum Gasteiger partial charge on any atom is -0.315 e. The Morgan fingerprint density at radius 3 is 3.00 bits per heavy atom. The van der Waals surface area contributed by atoms with Crippen molar-refractivity contribution < 1.29 is 0 Å². The molecule has 68 valence electrons. The molecule has 1 heterocycles. The average Bonchev–Trinajstić information content (AvgIpc) is 2.47. The first-order valence-electron chi connectivity index (χ1n) is 4.14. The third-order valence-electron chi connectivity index (χ3n) is 1.71. The van der Waals surface area contributed by atoms with Crippen molar-refractivity contribution in [2.24, 2.45) is 0 Å². The van der Waals surface area contributed by atoms with E-state index in [1.54, 1.807) is 0 Å². The molecule has 1 unspecified atom stereocenters. The van der Waals surface area contributed by atoms with Crippen molar-refractivity contribution in [1.29, 1.82) is 0 Å². The van der Waals surface area contributed by atoms with Gasteiger partial charge in [-0.25, -0.2) is 0 Å². The van der Waals surface area contributed by atoms with Crippen LogP contribution >= 0.6 is 22.6 Å². The quantitative estimate of drug-likeness (QED) is 0.849. The van der Waals surface area contributed by atoms with Crippen LogP contribution in [0.2, 0.25) is 0 Å². The van der Waals surface area contributed by atoms with E-state index in [1.165, 1.54) is 3.57 Å². The summed E-state index contributed by atoms with van der Waals surface area (Å²) in [7, 11) is 0. The molecular formula is C8H14IN3. The van der Waals surface area contributed by atoms with Gasteiger partial charge in [0.15, 0.2) is 0 Å². The number of hydrogen-bond donors (Lipinski definition) is 1. The van der Waals surface area contributed by atoms with Gasteiger partial charge < -0.3 is 5.32 Å². The van der Waals surface area contributed by atoms with Crippen molar-refractivity contribution in [2.75, 3.05) is 13.1 Å². The van der Waals surface area contributed by atoms with Crippen LogP contribution in [0.3, 0.4) is 0 Å². The molecule has 1 atom stereocenters. The molecule has 0 aliphatic carbocycles. The van der Waals surface area contributed by atoms with Crippen LogP contribution in [0.15, 0.2) is 12.4 Å². The van der Waals surface area contributed by atoms with Crippen LogP contribution in [0.5, 0.6) is 0 Å². The van der Waals surface area contributed by atoms with Gasteiger partial charge in [0, 0.05) is 12.7 Å². The van der Waals surface area contributed by atoms with Crippen molar-refractivity contribution >= 4 is 22.6 Å². The highest BCUT2D eigenvalue weighted by atomic mass is 127. The van der Waals surface area contributed by atoms with Crippen LogP contribution in [0.4, 0.5) is 0 Å². The molecule has 4 heteroatoms. The number of hydrogen-bond acceptors (Lipinski definition) is 2. The van der Waals surface area contributed by atoms with Crippen LogP contribution in [0, 0.1) is 3.57 Å². The normalized spacial score (nSPS) is 13.2. The summed E-state index contributed by atoms with van der Waals surface area (Å²) in [6.07, 6.45) is 3.94. The molecular weight excluding hydrogens is 265 g/mol. The second-order valence-corrected chi connectivity index (χ2v) is 4.04. The van der Waals surface area contributed by atoms with Gasteiger partial charge in [0.25, 0.3) is 0 Å². The van der Waals surface area contributed by atoms with Crippen LogP contribution < -0.4 is 5.32 Å². The standard InChI is InChI=1S/C8H14IN3/c1-3-10-4-7(2)12-6-8(9)5-11-12/h5-7,10H,3-4H2,1-2H3. The molecule has 1 aromatic rings. The zero-order chi connectivity index (χ0) is 8.97. The summed E-state index contributed by atoms with van der Waals surface area (Å²) in [5.74, 6) is 0. The number of halogens is 1. The monoisotopic (exact) mass is 279 g/mol. The van der Waals surface area contributed by atoms with Gasteiger partial charge in [-0.2, -0.15) is 5.10 Å². The summed E-state index contributed by atoms with van der Waals surface area (Å²) in [6, 6.07) is 0.438. The van der Waals surface area contributed by atoms with E-state index in [9.17, 15) is 0 Å². The van der Waals surface area contributed by atoms with E-state index in [0.29, 0.717) is 6.04 Å². The lowest BCUT2D eigenvalue weighted by Gasteiger charge is -2.11. The van der Waals surface area contributed by atoms with Crippen LogP contribution in [0.1, 0.15) is 19.9 Å². The van der Waals surface area contributed by atoms with E-state index in [0.717, 1.165) is 13.1 Å². The second kappa shape index (κ2) is 4.81. The molecule has 0 bridgehead atoms. The fourth-order valence-electron chi connectivity index (χ4n) is 1.00. The molecule has 0 aromatic carbocycles. The van der Waals surface area contributed by atoms with E-state index in [4.69, 9.17) is 0 Å². The molecule has 0 aliphatic heterocycles. The van der Waals surface area contributed by atoms with E-state index >= 15 is 0 Å². The van der Waals surface area contributed by atoms with Crippen LogP contribution in [-0.2, 0) is 0 Å². The first kappa shape index (κ1) is 9.98. The summed E-state index contributed by atoms with van der Waals surface area (Å²) >= 11 is 2.27. The predicted molar refractivity (Wildman–Crippen MR) is 58.2 cm³/mol.